The smallest absolute Gasteiger partial charge is 0.415 e. The van der Waals surface area contributed by atoms with Gasteiger partial charge in [0, 0.05) is 50.7 Å². The molecule has 0 atom stereocenters. The van der Waals surface area contributed by atoms with Crippen LogP contribution >= 0.6 is 0 Å². The molecule has 3 aromatic rings. The lowest BCUT2D eigenvalue weighted by molar-refractivity contribution is 0.110. The molecule has 1 aliphatic heterocycles. The maximum Gasteiger partial charge on any atom is 0.415 e. The average molecular weight is 447 g/mol. The molecule has 1 fully saturated rings. The normalized spacial score (nSPS) is 14.1. The SMILES string of the molecule is O=C(Oc1ccc(CCOc2cccnc2)cc1)N1CCN(CCCc2ccccn2)CC1. The van der Waals surface area contributed by atoms with Gasteiger partial charge in [-0.15, -0.1) is 0 Å². The van der Waals surface area contributed by atoms with Gasteiger partial charge < -0.3 is 14.4 Å². The predicted octanol–water partition coefficient (Wildman–Crippen LogP) is 3.85. The number of amides is 1. The third-order valence-electron chi connectivity index (χ3n) is 5.69. The third kappa shape index (κ3) is 7.29. The number of carbonyl (C=O) groups is 1. The maximum absolute atomic E-state index is 12.5. The molecule has 0 aliphatic carbocycles. The number of piperazine rings is 1. The summed E-state index contributed by atoms with van der Waals surface area (Å²) in [6, 6.07) is 17.4. The highest BCUT2D eigenvalue weighted by Crippen LogP contribution is 2.16. The minimum absolute atomic E-state index is 0.282. The lowest BCUT2D eigenvalue weighted by Crippen LogP contribution is -2.49. The Morgan fingerprint density at radius 1 is 0.879 bits per heavy atom. The Bertz CT molecular complexity index is 975. The van der Waals surface area contributed by atoms with Gasteiger partial charge in [-0.25, -0.2) is 4.79 Å². The Balaban J connectivity index is 1.14. The van der Waals surface area contributed by atoms with Crippen LogP contribution in [0.5, 0.6) is 11.5 Å². The Morgan fingerprint density at radius 2 is 1.73 bits per heavy atom. The van der Waals surface area contributed by atoms with Crippen LogP contribution in [0.25, 0.3) is 0 Å². The lowest BCUT2D eigenvalue weighted by atomic mass is 10.1. The number of aromatic nitrogens is 2. The van der Waals surface area contributed by atoms with E-state index >= 15 is 0 Å². The van der Waals surface area contributed by atoms with Gasteiger partial charge in [-0.1, -0.05) is 18.2 Å². The molecule has 7 heteroatoms. The first-order valence-corrected chi connectivity index (χ1v) is 11.5. The molecule has 4 rings (SSSR count). The highest BCUT2D eigenvalue weighted by molar-refractivity contribution is 5.70. The van der Waals surface area contributed by atoms with Gasteiger partial charge in [0.15, 0.2) is 0 Å². The molecular formula is C26H30N4O3. The molecular weight excluding hydrogens is 416 g/mol. The molecule has 1 aliphatic rings. The largest absolute Gasteiger partial charge is 0.492 e. The fourth-order valence-electron chi connectivity index (χ4n) is 3.79. The predicted molar refractivity (Wildman–Crippen MR) is 126 cm³/mol. The van der Waals surface area contributed by atoms with Crippen molar-refractivity contribution in [2.24, 2.45) is 0 Å². The second-order valence-corrected chi connectivity index (χ2v) is 8.05. The van der Waals surface area contributed by atoms with Gasteiger partial charge in [0.1, 0.15) is 11.5 Å². The first kappa shape index (κ1) is 22.7. The summed E-state index contributed by atoms with van der Waals surface area (Å²) in [7, 11) is 0. The van der Waals surface area contributed by atoms with Crippen LogP contribution < -0.4 is 9.47 Å². The van der Waals surface area contributed by atoms with Gasteiger partial charge in [0.2, 0.25) is 0 Å². The van der Waals surface area contributed by atoms with E-state index in [0.717, 1.165) is 55.9 Å². The van der Waals surface area contributed by atoms with Gasteiger partial charge in [-0.3, -0.25) is 14.9 Å². The first-order valence-electron chi connectivity index (χ1n) is 11.5. The molecule has 2 aromatic heterocycles. The Labute approximate surface area is 195 Å². The van der Waals surface area contributed by atoms with Gasteiger partial charge in [0.05, 0.1) is 12.8 Å². The van der Waals surface area contributed by atoms with Crippen LogP contribution in [0.3, 0.4) is 0 Å². The van der Waals surface area contributed by atoms with Crippen molar-refractivity contribution in [1.82, 2.24) is 19.8 Å². The summed E-state index contributed by atoms with van der Waals surface area (Å²) in [6.07, 6.45) is 7.80. The van der Waals surface area contributed by atoms with E-state index < -0.39 is 0 Å². The van der Waals surface area contributed by atoms with Crippen LogP contribution in [-0.2, 0) is 12.8 Å². The Hall–Kier alpha value is -3.45. The topological polar surface area (TPSA) is 67.8 Å². The highest BCUT2D eigenvalue weighted by Gasteiger charge is 2.22. The summed E-state index contributed by atoms with van der Waals surface area (Å²) in [6.45, 7) is 4.70. The second-order valence-electron chi connectivity index (χ2n) is 8.05. The van der Waals surface area contributed by atoms with Crippen LogP contribution in [0, 0.1) is 0 Å². The van der Waals surface area contributed by atoms with Crippen LogP contribution in [0.15, 0.2) is 73.2 Å². The molecule has 172 valence electrons. The van der Waals surface area contributed by atoms with E-state index in [9.17, 15) is 4.79 Å². The number of hydrogen-bond acceptors (Lipinski definition) is 6. The quantitative estimate of drug-likeness (QED) is 0.497. The van der Waals surface area contributed by atoms with E-state index in [1.54, 1.807) is 17.3 Å². The second kappa shape index (κ2) is 12.0. The van der Waals surface area contributed by atoms with E-state index in [4.69, 9.17) is 9.47 Å². The molecule has 0 saturated carbocycles. The number of benzene rings is 1. The lowest BCUT2D eigenvalue weighted by Gasteiger charge is -2.34. The van der Waals surface area contributed by atoms with Gasteiger partial charge in [0.25, 0.3) is 0 Å². The van der Waals surface area contributed by atoms with Crippen molar-refractivity contribution in [2.45, 2.75) is 19.3 Å². The zero-order chi connectivity index (χ0) is 22.7. The summed E-state index contributed by atoms with van der Waals surface area (Å²) < 4.78 is 11.3. The number of aryl methyl sites for hydroxylation is 1. The van der Waals surface area contributed by atoms with Crippen molar-refractivity contribution in [1.29, 1.82) is 0 Å². The summed E-state index contributed by atoms with van der Waals surface area (Å²) >= 11 is 0. The van der Waals surface area contributed by atoms with Crippen LogP contribution in [0.4, 0.5) is 4.79 Å². The van der Waals surface area contributed by atoms with Gasteiger partial charge in [-0.2, -0.15) is 0 Å². The van der Waals surface area contributed by atoms with Crippen molar-refractivity contribution in [2.75, 3.05) is 39.3 Å². The standard InChI is InChI=1S/C26H30N4O3/c31-26(30-18-16-29(17-19-30)15-4-6-23-5-1-2-14-28-23)33-24-10-8-22(9-11-24)12-20-32-25-7-3-13-27-21-25/h1-3,5,7-11,13-14,21H,4,6,12,15-20H2. The zero-order valence-corrected chi connectivity index (χ0v) is 18.8. The highest BCUT2D eigenvalue weighted by atomic mass is 16.6. The minimum Gasteiger partial charge on any atom is -0.492 e. The molecule has 0 radical (unpaired) electrons. The maximum atomic E-state index is 12.5. The van der Waals surface area contributed by atoms with Crippen LogP contribution in [-0.4, -0.2) is 65.2 Å². The number of ether oxygens (including phenoxy) is 2. The van der Waals surface area contributed by atoms with Gasteiger partial charge in [-0.05, 0) is 61.3 Å². The molecule has 1 amide bonds. The fourth-order valence-corrected chi connectivity index (χ4v) is 3.79. The molecule has 33 heavy (non-hydrogen) atoms. The van der Waals surface area contributed by atoms with E-state index in [0.29, 0.717) is 25.4 Å². The first-order chi connectivity index (χ1) is 16.3. The molecule has 0 spiro atoms. The summed E-state index contributed by atoms with van der Waals surface area (Å²) in [5, 5.41) is 0. The summed E-state index contributed by atoms with van der Waals surface area (Å²) in [5.74, 6) is 1.33. The number of pyridine rings is 2. The molecule has 7 nitrogen and oxygen atoms in total. The van der Waals surface area contributed by atoms with Crippen molar-refractivity contribution in [3.8, 4) is 11.5 Å². The van der Waals surface area contributed by atoms with Crippen molar-refractivity contribution < 1.29 is 14.3 Å². The molecule has 0 bridgehead atoms. The average Bonchev–Trinajstić information content (AvgIpc) is 2.87. The monoisotopic (exact) mass is 446 g/mol. The van der Waals surface area contributed by atoms with Gasteiger partial charge >= 0.3 is 6.09 Å². The van der Waals surface area contributed by atoms with E-state index in [-0.39, 0.29) is 6.09 Å². The number of rotatable bonds is 9. The summed E-state index contributed by atoms with van der Waals surface area (Å²) in [4.78, 5) is 25.1. The Morgan fingerprint density at radius 3 is 2.45 bits per heavy atom. The molecule has 1 saturated heterocycles. The van der Waals surface area contributed by atoms with Crippen molar-refractivity contribution >= 4 is 6.09 Å². The fraction of sp³-hybridized carbons (Fsp3) is 0.346. The number of hydrogen-bond donors (Lipinski definition) is 0. The molecule has 0 N–H and O–H groups in total. The third-order valence-corrected chi connectivity index (χ3v) is 5.69. The Kier molecular flexibility index (Phi) is 8.25. The summed E-state index contributed by atoms with van der Waals surface area (Å²) in [5.41, 5.74) is 2.25. The molecule has 3 heterocycles. The molecule has 0 unspecified atom stereocenters. The van der Waals surface area contributed by atoms with E-state index in [2.05, 4.69) is 20.9 Å². The molecule has 1 aromatic carbocycles. The number of carbonyl (C=O) groups excluding carboxylic acids is 1. The number of nitrogens with zero attached hydrogens (tertiary/aromatic N) is 4. The van der Waals surface area contributed by atoms with Crippen molar-refractivity contribution in [3.63, 3.8) is 0 Å². The van der Waals surface area contributed by atoms with E-state index in [1.165, 1.54) is 0 Å². The van der Waals surface area contributed by atoms with Crippen LogP contribution in [0.1, 0.15) is 17.7 Å². The minimum atomic E-state index is -0.282. The van der Waals surface area contributed by atoms with E-state index in [1.807, 2.05) is 54.7 Å². The van der Waals surface area contributed by atoms with Crippen molar-refractivity contribution in [3.05, 3.63) is 84.4 Å². The van der Waals surface area contributed by atoms with Crippen LogP contribution in [0.2, 0.25) is 0 Å². The zero-order valence-electron chi connectivity index (χ0n) is 18.8.